The largest absolute Gasteiger partial charge is 0.481 e. The van der Waals surface area contributed by atoms with Crippen molar-refractivity contribution in [2.45, 2.75) is 57.5 Å². The van der Waals surface area contributed by atoms with E-state index in [2.05, 4.69) is 23.6 Å². The Labute approximate surface area is 110 Å². The van der Waals surface area contributed by atoms with E-state index < -0.39 is 5.97 Å². The highest BCUT2D eigenvalue weighted by Gasteiger charge is 2.45. The van der Waals surface area contributed by atoms with Gasteiger partial charge in [0.15, 0.2) is 0 Å². The molecule has 0 aliphatic carbocycles. The van der Waals surface area contributed by atoms with Crippen molar-refractivity contribution in [3.63, 3.8) is 0 Å². The van der Waals surface area contributed by atoms with Crippen molar-refractivity contribution >= 4 is 5.97 Å². The highest BCUT2D eigenvalue weighted by atomic mass is 16.4. The third kappa shape index (κ3) is 2.86. The third-order valence-corrected chi connectivity index (χ3v) is 4.60. The zero-order valence-electron chi connectivity index (χ0n) is 11.7. The molecule has 2 saturated heterocycles. The highest BCUT2D eigenvalue weighted by molar-refractivity contribution is 5.68. The van der Waals surface area contributed by atoms with E-state index in [1.165, 1.54) is 19.3 Å². The predicted molar refractivity (Wildman–Crippen MR) is 71.7 cm³/mol. The Morgan fingerprint density at radius 2 is 1.89 bits per heavy atom. The molecule has 0 aromatic rings. The number of aliphatic carboxylic acids is 1. The molecule has 0 bridgehead atoms. The molecule has 4 nitrogen and oxygen atoms in total. The molecule has 104 valence electrons. The van der Waals surface area contributed by atoms with Gasteiger partial charge in [-0.25, -0.2) is 0 Å². The van der Waals surface area contributed by atoms with Crippen molar-refractivity contribution in [3.8, 4) is 0 Å². The maximum Gasteiger partial charge on any atom is 0.305 e. The van der Waals surface area contributed by atoms with Crippen LogP contribution < -0.4 is 0 Å². The Morgan fingerprint density at radius 1 is 1.22 bits per heavy atom. The van der Waals surface area contributed by atoms with E-state index in [4.69, 9.17) is 0 Å². The van der Waals surface area contributed by atoms with Gasteiger partial charge in [0.05, 0.1) is 6.42 Å². The van der Waals surface area contributed by atoms with Gasteiger partial charge < -0.3 is 5.11 Å². The van der Waals surface area contributed by atoms with Crippen LogP contribution in [0.4, 0.5) is 0 Å². The molecule has 1 atom stereocenters. The van der Waals surface area contributed by atoms with Crippen molar-refractivity contribution in [1.29, 1.82) is 0 Å². The lowest BCUT2D eigenvalue weighted by atomic mass is 9.89. The highest BCUT2D eigenvalue weighted by Crippen LogP contribution is 2.34. The zero-order chi connectivity index (χ0) is 13.2. The van der Waals surface area contributed by atoms with Crippen LogP contribution in [0.2, 0.25) is 0 Å². The number of rotatable bonds is 4. The lowest BCUT2D eigenvalue weighted by Crippen LogP contribution is -2.54. The fraction of sp³-hybridized carbons (Fsp3) is 0.929. The number of nitrogens with zero attached hydrogens (tertiary/aromatic N) is 2. The standard InChI is InChI=1S/C14H26N2O2/c1-12(2)15-9-6-14(11-15,10-13(17)18)16-7-4-3-5-8-16/h12H,3-11H2,1-2H3,(H,17,18). The van der Waals surface area contributed by atoms with Gasteiger partial charge in [-0.15, -0.1) is 0 Å². The van der Waals surface area contributed by atoms with Crippen LogP contribution in [0.1, 0.15) is 46.0 Å². The Bertz CT molecular complexity index is 300. The van der Waals surface area contributed by atoms with Crippen molar-refractivity contribution in [3.05, 3.63) is 0 Å². The van der Waals surface area contributed by atoms with E-state index in [1.807, 2.05) is 0 Å². The Kier molecular flexibility index (Phi) is 4.28. The molecule has 0 aromatic carbocycles. The van der Waals surface area contributed by atoms with Gasteiger partial charge in [0, 0.05) is 24.7 Å². The molecule has 2 aliphatic rings. The number of likely N-dealkylation sites (tertiary alicyclic amines) is 2. The van der Waals surface area contributed by atoms with E-state index in [0.29, 0.717) is 12.5 Å². The quantitative estimate of drug-likeness (QED) is 0.831. The molecule has 2 aliphatic heterocycles. The van der Waals surface area contributed by atoms with E-state index in [-0.39, 0.29) is 5.54 Å². The van der Waals surface area contributed by atoms with Crippen LogP contribution in [0.3, 0.4) is 0 Å². The number of carboxylic acids is 1. The van der Waals surface area contributed by atoms with Gasteiger partial charge in [0.25, 0.3) is 0 Å². The molecule has 2 rings (SSSR count). The number of hydrogen-bond donors (Lipinski definition) is 1. The number of carboxylic acid groups (broad SMARTS) is 1. The van der Waals surface area contributed by atoms with Gasteiger partial charge in [-0.2, -0.15) is 0 Å². The summed E-state index contributed by atoms with van der Waals surface area (Å²) in [6.45, 7) is 8.54. The molecule has 18 heavy (non-hydrogen) atoms. The maximum absolute atomic E-state index is 11.2. The molecule has 2 fully saturated rings. The number of hydrogen-bond acceptors (Lipinski definition) is 3. The minimum atomic E-state index is -0.647. The van der Waals surface area contributed by atoms with Crippen LogP contribution in [0, 0.1) is 0 Å². The van der Waals surface area contributed by atoms with Crippen LogP contribution in [0.5, 0.6) is 0 Å². The van der Waals surface area contributed by atoms with E-state index in [1.54, 1.807) is 0 Å². The second kappa shape index (κ2) is 5.57. The number of piperidine rings is 1. The molecule has 0 spiro atoms. The minimum absolute atomic E-state index is 0.101. The molecule has 0 aromatic heterocycles. The summed E-state index contributed by atoms with van der Waals surface area (Å²) in [6, 6.07) is 0.519. The van der Waals surface area contributed by atoms with Gasteiger partial charge in [0.1, 0.15) is 0 Å². The van der Waals surface area contributed by atoms with Crippen molar-refractivity contribution < 1.29 is 9.90 Å². The first-order chi connectivity index (χ1) is 8.53. The monoisotopic (exact) mass is 254 g/mol. The summed E-state index contributed by atoms with van der Waals surface area (Å²) < 4.78 is 0. The first kappa shape index (κ1) is 13.8. The Hall–Kier alpha value is -0.610. The molecular formula is C14H26N2O2. The molecule has 1 N–H and O–H groups in total. The summed E-state index contributed by atoms with van der Waals surface area (Å²) >= 11 is 0. The normalized spacial score (nSPS) is 31.1. The summed E-state index contributed by atoms with van der Waals surface area (Å²) in [4.78, 5) is 16.1. The molecule has 0 amide bonds. The second-order valence-electron chi connectivity index (χ2n) is 6.16. The summed E-state index contributed by atoms with van der Waals surface area (Å²) in [7, 11) is 0. The van der Waals surface area contributed by atoms with Gasteiger partial charge in [-0.1, -0.05) is 6.42 Å². The molecule has 0 saturated carbocycles. The summed E-state index contributed by atoms with van der Waals surface area (Å²) in [5, 5.41) is 9.25. The molecule has 1 unspecified atom stereocenters. The summed E-state index contributed by atoms with van der Waals surface area (Å²) in [5.41, 5.74) is -0.101. The van der Waals surface area contributed by atoms with Crippen LogP contribution in [0.25, 0.3) is 0 Å². The van der Waals surface area contributed by atoms with Crippen LogP contribution >= 0.6 is 0 Å². The first-order valence-corrected chi connectivity index (χ1v) is 7.24. The fourth-order valence-corrected chi connectivity index (χ4v) is 3.49. The smallest absolute Gasteiger partial charge is 0.305 e. The fourth-order valence-electron chi connectivity index (χ4n) is 3.49. The maximum atomic E-state index is 11.2. The van der Waals surface area contributed by atoms with Crippen LogP contribution in [-0.4, -0.2) is 58.6 Å². The SMILES string of the molecule is CC(C)N1CCC(CC(=O)O)(N2CCCCC2)C1. The molecular weight excluding hydrogens is 228 g/mol. The van der Waals surface area contributed by atoms with E-state index in [0.717, 1.165) is 32.6 Å². The van der Waals surface area contributed by atoms with Crippen molar-refractivity contribution in [1.82, 2.24) is 9.80 Å². The molecule has 0 radical (unpaired) electrons. The van der Waals surface area contributed by atoms with Crippen molar-refractivity contribution in [2.24, 2.45) is 0 Å². The topological polar surface area (TPSA) is 43.8 Å². The van der Waals surface area contributed by atoms with Gasteiger partial charge in [0.2, 0.25) is 0 Å². The average Bonchev–Trinajstić information content (AvgIpc) is 2.75. The summed E-state index contributed by atoms with van der Waals surface area (Å²) in [6.07, 6.45) is 5.06. The van der Waals surface area contributed by atoms with Gasteiger partial charge >= 0.3 is 5.97 Å². The lowest BCUT2D eigenvalue weighted by molar-refractivity contribution is -0.140. The molecule has 2 heterocycles. The van der Waals surface area contributed by atoms with Crippen LogP contribution in [0.15, 0.2) is 0 Å². The Morgan fingerprint density at radius 3 is 2.39 bits per heavy atom. The minimum Gasteiger partial charge on any atom is -0.481 e. The van der Waals surface area contributed by atoms with Gasteiger partial charge in [-0.3, -0.25) is 14.6 Å². The Balaban J connectivity index is 2.11. The van der Waals surface area contributed by atoms with Crippen molar-refractivity contribution in [2.75, 3.05) is 26.2 Å². The third-order valence-electron chi connectivity index (χ3n) is 4.60. The zero-order valence-corrected chi connectivity index (χ0v) is 11.7. The lowest BCUT2D eigenvalue weighted by Gasteiger charge is -2.43. The van der Waals surface area contributed by atoms with E-state index in [9.17, 15) is 9.90 Å². The second-order valence-corrected chi connectivity index (χ2v) is 6.16. The molecule has 4 heteroatoms. The van der Waals surface area contributed by atoms with Gasteiger partial charge in [-0.05, 0) is 46.2 Å². The van der Waals surface area contributed by atoms with E-state index >= 15 is 0 Å². The summed E-state index contributed by atoms with van der Waals surface area (Å²) in [5.74, 6) is -0.647. The number of carbonyl (C=O) groups is 1. The van der Waals surface area contributed by atoms with Crippen LogP contribution in [-0.2, 0) is 4.79 Å². The predicted octanol–water partition coefficient (Wildman–Crippen LogP) is 1.80. The average molecular weight is 254 g/mol. The first-order valence-electron chi connectivity index (χ1n) is 7.24.